The molecule has 1 heterocycles. The van der Waals surface area contributed by atoms with E-state index in [2.05, 4.69) is 43.1 Å². The highest BCUT2D eigenvalue weighted by Crippen LogP contribution is 2.43. The second-order valence-electron chi connectivity index (χ2n) is 6.79. The van der Waals surface area contributed by atoms with Gasteiger partial charge in [-0.1, -0.05) is 29.8 Å². The van der Waals surface area contributed by atoms with Gasteiger partial charge in [-0.25, -0.2) is 0 Å². The van der Waals surface area contributed by atoms with Crippen LogP contribution in [0, 0.1) is 5.92 Å². The van der Waals surface area contributed by atoms with Gasteiger partial charge in [-0.2, -0.15) is 0 Å². The summed E-state index contributed by atoms with van der Waals surface area (Å²) in [6.07, 6.45) is 2.76. The third kappa shape index (κ3) is 2.61. The topological polar surface area (TPSA) is 15.3 Å². The van der Waals surface area contributed by atoms with Crippen LogP contribution in [0.15, 0.2) is 24.3 Å². The number of piperazine rings is 1. The van der Waals surface area contributed by atoms with E-state index in [0.717, 1.165) is 24.0 Å². The highest BCUT2D eigenvalue weighted by molar-refractivity contribution is 6.31. The second kappa shape index (κ2) is 5.32. The molecule has 1 aromatic carbocycles. The summed E-state index contributed by atoms with van der Waals surface area (Å²) in [7, 11) is 0. The third-order valence-electron chi connectivity index (χ3n) is 5.21. The maximum Gasteiger partial charge on any atom is 0.0453 e. The fraction of sp³-hybridized carbons (Fsp3) is 0.647. The van der Waals surface area contributed by atoms with Crippen LogP contribution in [0.5, 0.6) is 0 Å². The number of nitrogens with one attached hydrogen (secondary N) is 1. The van der Waals surface area contributed by atoms with Gasteiger partial charge in [0.1, 0.15) is 0 Å². The van der Waals surface area contributed by atoms with Crippen molar-refractivity contribution in [1.29, 1.82) is 0 Å². The standard InChI is InChI=1S/C17H25ClN2/c1-12-10-19-17(3,14-8-9-14)11-20(12)13(2)15-6-4-5-7-16(15)18/h4-7,12-14,19H,8-11H2,1-3H3. The monoisotopic (exact) mass is 292 g/mol. The zero-order valence-electron chi connectivity index (χ0n) is 12.7. The van der Waals surface area contributed by atoms with Gasteiger partial charge in [0, 0.05) is 35.7 Å². The highest BCUT2D eigenvalue weighted by Gasteiger charge is 2.46. The van der Waals surface area contributed by atoms with Crippen LogP contribution in [0.4, 0.5) is 0 Å². The van der Waals surface area contributed by atoms with Crippen molar-refractivity contribution >= 4 is 11.6 Å². The normalized spacial score (nSPS) is 33.1. The summed E-state index contributed by atoms with van der Waals surface area (Å²) in [6, 6.07) is 9.18. The van der Waals surface area contributed by atoms with Crippen molar-refractivity contribution in [3.63, 3.8) is 0 Å². The van der Waals surface area contributed by atoms with E-state index in [0.29, 0.717) is 12.1 Å². The molecular weight excluding hydrogens is 268 g/mol. The van der Waals surface area contributed by atoms with Crippen molar-refractivity contribution < 1.29 is 0 Å². The van der Waals surface area contributed by atoms with Crippen molar-refractivity contribution in [2.75, 3.05) is 13.1 Å². The van der Waals surface area contributed by atoms with Crippen LogP contribution in [-0.2, 0) is 0 Å². The molecule has 2 aliphatic rings. The summed E-state index contributed by atoms with van der Waals surface area (Å²) in [4.78, 5) is 2.62. The second-order valence-corrected chi connectivity index (χ2v) is 7.20. The van der Waals surface area contributed by atoms with Gasteiger partial charge in [-0.15, -0.1) is 0 Å². The Bertz CT molecular complexity index is 486. The number of benzene rings is 1. The molecule has 1 saturated carbocycles. The molecule has 1 aromatic rings. The van der Waals surface area contributed by atoms with Crippen molar-refractivity contribution in [2.24, 2.45) is 5.92 Å². The molecule has 2 nitrogen and oxygen atoms in total. The van der Waals surface area contributed by atoms with Gasteiger partial charge in [0.2, 0.25) is 0 Å². The van der Waals surface area contributed by atoms with Crippen LogP contribution < -0.4 is 5.32 Å². The lowest BCUT2D eigenvalue weighted by molar-refractivity contribution is 0.0517. The van der Waals surface area contributed by atoms with Gasteiger partial charge < -0.3 is 5.32 Å². The van der Waals surface area contributed by atoms with E-state index in [-0.39, 0.29) is 5.54 Å². The molecule has 0 aromatic heterocycles. The average Bonchev–Trinajstić information content (AvgIpc) is 3.26. The Balaban J connectivity index is 1.82. The Morgan fingerprint density at radius 3 is 2.70 bits per heavy atom. The molecule has 110 valence electrons. The Labute approximate surface area is 127 Å². The predicted octanol–water partition coefficient (Wildman–Crippen LogP) is 3.86. The summed E-state index contributed by atoms with van der Waals surface area (Å²) in [5.41, 5.74) is 1.53. The molecule has 0 spiro atoms. The SMILES string of the molecule is CC1CNC(C)(C2CC2)CN1C(C)c1ccccc1Cl. The van der Waals surface area contributed by atoms with E-state index in [1.807, 2.05) is 12.1 Å². The fourth-order valence-electron chi connectivity index (χ4n) is 3.59. The van der Waals surface area contributed by atoms with Crippen molar-refractivity contribution in [3.05, 3.63) is 34.9 Å². The lowest BCUT2D eigenvalue weighted by Gasteiger charge is -2.48. The van der Waals surface area contributed by atoms with Gasteiger partial charge in [0.15, 0.2) is 0 Å². The zero-order valence-corrected chi connectivity index (χ0v) is 13.5. The molecule has 1 N–H and O–H groups in total. The first-order chi connectivity index (χ1) is 9.51. The van der Waals surface area contributed by atoms with E-state index in [9.17, 15) is 0 Å². The smallest absolute Gasteiger partial charge is 0.0453 e. The van der Waals surface area contributed by atoms with Crippen LogP contribution in [0.1, 0.15) is 45.2 Å². The number of halogens is 1. The molecule has 0 amide bonds. The van der Waals surface area contributed by atoms with Crippen LogP contribution in [-0.4, -0.2) is 29.6 Å². The van der Waals surface area contributed by atoms with Gasteiger partial charge in [-0.3, -0.25) is 4.90 Å². The number of nitrogens with zero attached hydrogens (tertiary/aromatic N) is 1. The van der Waals surface area contributed by atoms with Crippen molar-refractivity contribution in [3.8, 4) is 0 Å². The molecule has 3 unspecified atom stereocenters. The first kappa shape index (κ1) is 14.4. The molecule has 1 saturated heterocycles. The fourth-order valence-corrected chi connectivity index (χ4v) is 3.89. The number of rotatable bonds is 3. The molecule has 2 fully saturated rings. The predicted molar refractivity (Wildman–Crippen MR) is 85.2 cm³/mol. The third-order valence-corrected chi connectivity index (χ3v) is 5.55. The Morgan fingerprint density at radius 1 is 1.35 bits per heavy atom. The van der Waals surface area contributed by atoms with Gasteiger partial charge in [-0.05, 0) is 51.2 Å². The largest absolute Gasteiger partial charge is 0.308 e. The highest BCUT2D eigenvalue weighted by atomic mass is 35.5. The molecule has 3 heteroatoms. The lowest BCUT2D eigenvalue weighted by atomic mass is 9.89. The molecule has 20 heavy (non-hydrogen) atoms. The number of hydrogen-bond acceptors (Lipinski definition) is 2. The summed E-state index contributed by atoms with van der Waals surface area (Å²) in [6.45, 7) is 9.18. The lowest BCUT2D eigenvalue weighted by Crippen LogP contribution is -2.63. The van der Waals surface area contributed by atoms with E-state index in [4.69, 9.17) is 11.6 Å². The van der Waals surface area contributed by atoms with Crippen LogP contribution in [0.2, 0.25) is 5.02 Å². The molecule has 0 bridgehead atoms. The quantitative estimate of drug-likeness (QED) is 0.910. The Morgan fingerprint density at radius 2 is 2.05 bits per heavy atom. The van der Waals surface area contributed by atoms with E-state index < -0.39 is 0 Å². The summed E-state index contributed by atoms with van der Waals surface area (Å²) >= 11 is 6.39. The van der Waals surface area contributed by atoms with E-state index >= 15 is 0 Å². The molecule has 3 rings (SSSR count). The van der Waals surface area contributed by atoms with Crippen molar-refractivity contribution in [1.82, 2.24) is 10.2 Å². The van der Waals surface area contributed by atoms with Gasteiger partial charge >= 0.3 is 0 Å². The maximum absolute atomic E-state index is 6.39. The molecule has 0 radical (unpaired) electrons. The minimum atomic E-state index is 0.280. The molecule has 3 atom stereocenters. The molecule has 1 aliphatic carbocycles. The number of hydrogen-bond donors (Lipinski definition) is 1. The van der Waals surface area contributed by atoms with Crippen molar-refractivity contribution in [2.45, 2.75) is 51.2 Å². The van der Waals surface area contributed by atoms with E-state index in [1.165, 1.54) is 18.4 Å². The summed E-state index contributed by atoms with van der Waals surface area (Å²) in [5, 5.41) is 4.67. The Kier molecular flexibility index (Phi) is 3.83. The van der Waals surface area contributed by atoms with Gasteiger partial charge in [0.05, 0.1) is 0 Å². The summed E-state index contributed by atoms with van der Waals surface area (Å²) in [5.74, 6) is 0.857. The zero-order chi connectivity index (χ0) is 14.3. The van der Waals surface area contributed by atoms with E-state index in [1.54, 1.807) is 0 Å². The van der Waals surface area contributed by atoms with Crippen LogP contribution >= 0.6 is 11.6 Å². The summed E-state index contributed by atoms with van der Waals surface area (Å²) < 4.78 is 0. The average molecular weight is 293 g/mol. The first-order valence-corrected chi connectivity index (χ1v) is 8.14. The molecular formula is C17H25ClN2. The van der Waals surface area contributed by atoms with Crippen LogP contribution in [0.25, 0.3) is 0 Å². The Hall–Kier alpha value is -0.570. The first-order valence-electron chi connectivity index (χ1n) is 7.76. The van der Waals surface area contributed by atoms with Crippen LogP contribution in [0.3, 0.4) is 0 Å². The molecule has 1 aliphatic heterocycles. The minimum absolute atomic E-state index is 0.280. The maximum atomic E-state index is 6.39. The van der Waals surface area contributed by atoms with Gasteiger partial charge in [0.25, 0.3) is 0 Å². The minimum Gasteiger partial charge on any atom is -0.308 e.